The number of halogens is 2. The highest BCUT2D eigenvalue weighted by atomic mass is 19.1. The summed E-state index contributed by atoms with van der Waals surface area (Å²) in [5, 5.41) is 0. The van der Waals surface area contributed by atoms with E-state index in [9.17, 15) is 8.78 Å². The van der Waals surface area contributed by atoms with Crippen LogP contribution in [0.2, 0.25) is 0 Å². The Kier molecular flexibility index (Phi) is 2.87. The van der Waals surface area contributed by atoms with Crippen LogP contribution >= 0.6 is 0 Å². The lowest BCUT2D eigenvalue weighted by atomic mass is 10.2. The molecule has 0 bridgehead atoms. The van der Waals surface area contributed by atoms with Crippen molar-refractivity contribution in [2.75, 3.05) is 0 Å². The predicted molar refractivity (Wildman–Crippen MR) is 66.8 cm³/mol. The monoisotopic (exact) mass is 260 g/mol. The number of ether oxygens (including phenoxy) is 1. The van der Waals surface area contributed by atoms with E-state index in [4.69, 9.17) is 4.74 Å². The van der Waals surface area contributed by atoms with Crippen molar-refractivity contribution >= 4 is 11.0 Å². The summed E-state index contributed by atoms with van der Waals surface area (Å²) in [5.41, 5.74) is 1.45. The van der Waals surface area contributed by atoms with E-state index in [1.54, 1.807) is 0 Å². The minimum atomic E-state index is -0.629. The van der Waals surface area contributed by atoms with Crippen molar-refractivity contribution in [3.63, 3.8) is 0 Å². The van der Waals surface area contributed by atoms with Gasteiger partial charge in [0.2, 0.25) is 0 Å². The number of hydrogen-bond acceptors (Lipinski definition) is 2. The molecule has 0 saturated carbocycles. The van der Waals surface area contributed by atoms with E-state index in [2.05, 4.69) is 9.97 Å². The number of fused-ring (bicyclic) bond motifs is 1. The number of H-pyrrole nitrogens is 1. The van der Waals surface area contributed by atoms with Crippen LogP contribution in [0, 0.1) is 11.6 Å². The van der Waals surface area contributed by atoms with E-state index in [0.29, 0.717) is 0 Å². The molecule has 19 heavy (non-hydrogen) atoms. The first kappa shape index (κ1) is 11.6. The second-order valence-electron chi connectivity index (χ2n) is 4.05. The Balaban J connectivity index is 1.82. The number of benzene rings is 2. The highest BCUT2D eigenvalue weighted by Gasteiger charge is 2.10. The lowest BCUT2D eigenvalue weighted by Gasteiger charge is -2.04. The zero-order chi connectivity index (χ0) is 13.2. The minimum Gasteiger partial charge on any atom is -0.460 e. The molecule has 2 aromatic carbocycles. The van der Waals surface area contributed by atoms with Gasteiger partial charge in [0.05, 0.1) is 16.6 Å². The van der Waals surface area contributed by atoms with Gasteiger partial charge in [-0.25, -0.2) is 8.78 Å². The maximum Gasteiger partial charge on any atom is 0.294 e. The van der Waals surface area contributed by atoms with Crippen LogP contribution in [-0.4, -0.2) is 9.97 Å². The third-order valence-corrected chi connectivity index (χ3v) is 2.78. The fraction of sp³-hybridized carbons (Fsp3) is 0.0714. The molecule has 0 radical (unpaired) electrons. The highest BCUT2D eigenvalue weighted by molar-refractivity contribution is 5.75. The molecule has 0 unspecified atom stereocenters. The maximum absolute atomic E-state index is 13.4. The first-order valence-corrected chi connectivity index (χ1v) is 5.74. The van der Waals surface area contributed by atoms with Crippen LogP contribution in [0.15, 0.2) is 42.5 Å². The van der Waals surface area contributed by atoms with Gasteiger partial charge in [-0.2, -0.15) is 4.98 Å². The number of aromatic nitrogens is 2. The molecule has 3 rings (SSSR count). The van der Waals surface area contributed by atoms with Crippen LogP contribution in [0.1, 0.15) is 5.56 Å². The second kappa shape index (κ2) is 4.68. The molecule has 5 heteroatoms. The van der Waals surface area contributed by atoms with Crippen LogP contribution in [0.5, 0.6) is 6.01 Å². The number of para-hydroxylation sites is 2. The first-order chi connectivity index (χ1) is 9.24. The van der Waals surface area contributed by atoms with Crippen LogP contribution < -0.4 is 4.74 Å². The molecule has 1 N–H and O–H groups in total. The van der Waals surface area contributed by atoms with Crippen molar-refractivity contribution in [2.45, 2.75) is 6.61 Å². The summed E-state index contributed by atoms with van der Waals surface area (Å²) in [4.78, 5) is 7.09. The average molecular weight is 260 g/mol. The molecule has 0 atom stereocenters. The Hall–Kier alpha value is -2.43. The molecular formula is C14H10F2N2O. The average Bonchev–Trinajstić information content (AvgIpc) is 2.81. The van der Waals surface area contributed by atoms with Crippen molar-refractivity contribution in [1.29, 1.82) is 0 Å². The molecule has 96 valence electrons. The molecule has 0 aliphatic carbocycles. The van der Waals surface area contributed by atoms with Crippen molar-refractivity contribution in [1.82, 2.24) is 9.97 Å². The molecule has 1 aromatic heterocycles. The summed E-state index contributed by atoms with van der Waals surface area (Å²) in [5.74, 6) is -1.26. The van der Waals surface area contributed by atoms with Crippen LogP contribution in [0.25, 0.3) is 11.0 Å². The Labute approximate surface area is 107 Å². The van der Waals surface area contributed by atoms with Gasteiger partial charge in [-0.3, -0.25) is 0 Å². The highest BCUT2D eigenvalue weighted by Crippen LogP contribution is 2.18. The van der Waals surface area contributed by atoms with Gasteiger partial charge in [0.15, 0.2) is 0 Å². The lowest BCUT2D eigenvalue weighted by molar-refractivity contribution is 0.273. The molecular weight excluding hydrogens is 250 g/mol. The number of hydrogen-bond donors (Lipinski definition) is 1. The van der Waals surface area contributed by atoms with Gasteiger partial charge >= 0.3 is 0 Å². The zero-order valence-electron chi connectivity index (χ0n) is 9.86. The number of nitrogens with one attached hydrogen (secondary N) is 1. The summed E-state index contributed by atoms with van der Waals surface area (Å²) in [6.07, 6.45) is 0. The Bertz CT molecular complexity index is 671. The molecule has 0 saturated heterocycles. The van der Waals surface area contributed by atoms with Crippen LogP contribution in [-0.2, 0) is 6.61 Å². The van der Waals surface area contributed by atoms with Gasteiger partial charge in [-0.15, -0.1) is 0 Å². The van der Waals surface area contributed by atoms with E-state index >= 15 is 0 Å². The standard InChI is InChI=1S/C14H10F2N2O/c15-10-4-3-5-11(16)9(10)8-19-14-17-12-6-1-2-7-13(12)18-14/h1-7H,8H2,(H,17,18). The van der Waals surface area contributed by atoms with Gasteiger partial charge in [0, 0.05) is 0 Å². The molecule has 0 aliphatic rings. The fourth-order valence-corrected chi connectivity index (χ4v) is 1.81. The summed E-state index contributed by atoms with van der Waals surface area (Å²) in [6, 6.07) is 11.3. The minimum absolute atomic E-state index is 0.108. The van der Waals surface area contributed by atoms with Crippen molar-refractivity contribution in [3.05, 3.63) is 59.7 Å². The molecule has 3 nitrogen and oxygen atoms in total. The number of nitrogens with zero attached hydrogens (tertiary/aromatic N) is 1. The normalized spacial score (nSPS) is 10.8. The fourth-order valence-electron chi connectivity index (χ4n) is 1.81. The van der Waals surface area contributed by atoms with Gasteiger partial charge in [0.1, 0.15) is 18.2 Å². The molecule has 0 aliphatic heterocycles. The van der Waals surface area contributed by atoms with Crippen molar-refractivity contribution in [2.24, 2.45) is 0 Å². The molecule has 0 fully saturated rings. The third kappa shape index (κ3) is 2.27. The molecule has 1 heterocycles. The van der Waals surface area contributed by atoms with E-state index < -0.39 is 11.6 Å². The van der Waals surface area contributed by atoms with Gasteiger partial charge in [-0.05, 0) is 24.3 Å². The van der Waals surface area contributed by atoms with Crippen LogP contribution in [0.4, 0.5) is 8.78 Å². The number of imidazole rings is 1. The SMILES string of the molecule is Fc1cccc(F)c1COc1nc2ccccc2[nH]1. The summed E-state index contributed by atoms with van der Waals surface area (Å²) in [6.45, 7) is -0.210. The van der Waals surface area contributed by atoms with Crippen molar-refractivity contribution in [3.8, 4) is 6.01 Å². The molecule has 0 amide bonds. The van der Waals surface area contributed by atoms with E-state index in [1.165, 1.54) is 18.2 Å². The quantitative estimate of drug-likeness (QED) is 0.783. The second-order valence-corrected chi connectivity index (χ2v) is 4.05. The predicted octanol–water partition coefficient (Wildman–Crippen LogP) is 3.42. The third-order valence-electron chi connectivity index (χ3n) is 2.78. The smallest absolute Gasteiger partial charge is 0.294 e. The number of aromatic amines is 1. The first-order valence-electron chi connectivity index (χ1n) is 5.74. The van der Waals surface area contributed by atoms with Gasteiger partial charge in [-0.1, -0.05) is 18.2 Å². The maximum atomic E-state index is 13.4. The largest absolute Gasteiger partial charge is 0.460 e. The van der Waals surface area contributed by atoms with Gasteiger partial charge in [0.25, 0.3) is 6.01 Å². The van der Waals surface area contributed by atoms with Crippen LogP contribution in [0.3, 0.4) is 0 Å². The Morgan fingerprint density at radius 3 is 2.47 bits per heavy atom. The Morgan fingerprint density at radius 1 is 1.00 bits per heavy atom. The number of rotatable bonds is 3. The Morgan fingerprint density at radius 2 is 1.74 bits per heavy atom. The summed E-state index contributed by atoms with van der Waals surface area (Å²) >= 11 is 0. The molecule has 0 spiro atoms. The van der Waals surface area contributed by atoms with E-state index in [0.717, 1.165) is 11.0 Å². The zero-order valence-corrected chi connectivity index (χ0v) is 9.86. The molecule has 3 aromatic rings. The summed E-state index contributed by atoms with van der Waals surface area (Å²) in [7, 11) is 0. The van der Waals surface area contributed by atoms with E-state index in [1.807, 2.05) is 24.3 Å². The lowest BCUT2D eigenvalue weighted by Crippen LogP contribution is -2.02. The topological polar surface area (TPSA) is 37.9 Å². The van der Waals surface area contributed by atoms with Crippen molar-refractivity contribution < 1.29 is 13.5 Å². The van der Waals surface area contributed by atoms with Gasteiger partial charge < -0.3 is 9.72 Å². The summed E-state index contributed by atoms with van der Waals surface area (Å²) < 4.78 is 32.1. The van der Waals surface area contributed by atoms with E-state index in [-0.39, 0.29) is 18.2 Å².